The number of esters is 1. The molecule has 0 unspecified atom stereocenters. The molecule has 1 heterocycles. The van der Waals surface area contributed by atoms with Gasteiger partial charge in [0, 0.05) is 13.1 Å². The van der Waals surface area contributed by atoms with Crippen LogP contribution in [0.2, 0.25) is 0 Å². The van der Waals surface area contributed by atoms with Crippen molar-refractivity contribution in [2.45, 2.75) is 31.7 Å². The lowest BCUT2D eigenvalue weighted by Gasteiger charge is -2.22. The number of halogens is 1. The molecule has 150 valence electrons. The van der Waals surface area contributed by atoms with Gasteiger partial charge < -0.3 is 14.9 Å². The topological polar surface area (TPSA) is 103 Å². The molecule has 0 fully saturated rings. The minimum Gasteiger partial charge on any atom is -0.465 e. The summed E-state index contributed by atoms with van der Waals surface area (Å²) in [6, 6.07) is 9.24. The molecule has 7 nitrogen and oxygen atoms in total. The highest BCUT2D eigenvalue weighted by Crippen LogP contribution is 2.30. The Morgan fingerprint density at radius 3 is 2.37 bits per heavy atom. The zero-order chi connectivity index (χ0) is 19.3. The van der Waals surface area contributed by atoms with E-state index in [4.69, 9.17) is 14.9 Å². The Kier molecular flexibility index (Phi) is 8.49. The molecule has 2 aromatic rings. The molecule has 2 N–H and O–H groups in total. The molecule has 1 aromatic heterocycles. The van der Waals surface area contributed by atoms with Crippen LogP contribution in [0.1, 0.15) is 33.9 Å². The van der Waals surface area contributed by atoms with E-state index in [1.807, 2.05) is 30.3 Å². The molecule has 27 heavy (non-hydrogen) atoms. The van der Waals surface area contributed by atoms with Crippen molar-refractivity contribution in [1.82, 2.24) is 4.31 Å². The van der Waals surface area contributed by atoms with E-state index < -0.39 is 16.0 Å². The third kappa shape index (κ3) is 5.10. The average Bonchev–Trinajstić information content (AvgIpc) is 2.93. The Morgan fingerprint density at radius 1 is 1.19 bits per heavy atom. The monoisotopic (exact) mass is 416 g/mol. The molecule has 0 spiro atoms. The van der Waals surface area contributed by atoms with E-state index >= 15 is 0 Å². The second-order valence-electron chi connectivity index (χ2n) is 5.88. The van der Waals surface area contributed by atoms with Crippen molar-refractivity contribution >= 4 is 28.4 Å². The van der Waals surface area contributed by atoms with Crippen LogP contribution >= 0.6 is 12.4 Å². The number of furan rings is 1. The summed E-state index contributed by atoms with van der Waals surface area (Å²) >= 11 is 0. The molecule has 0 aliphatic carbocycles. The lowest BCUT2D eigenvalue weighted by atomic mass is 10.2. The highest BCUT2D eigenvalue weighted by Gasteiger charge is 2.35. The maximum absolute atomic E-state index is 13.3. The SMILES string of the molecule is COC(=O)c1c(C)oc(C)c1S(=O)(=O)N(CCCN)Cc1ccccc1.Cl. The van der Waals surface area contributed by atoms with Crippen molar-refractivity contribution in [3.63, 3.8) is 0 Å². The fraction of sp³-hybridized carbons (Fsp3) is 0.389. The van der Waals surface area contributed by atoms with Gasteiger partial charge in [0.15, 0.2) is 0 Å². The second-order valence-corrected chi connectivity index (χ2v) is 7.75. The summed E-state index contributed by atoms with van der Waals surface area (Å²) in [5.74, 6) is -0.364. The predicted molar refractivity (Wildman–Crippen MR) is 104 cm³/mol. The summed E-state index contributed by atoms with van der Waals surface area (Å²) in [5.41, 5.74) is 6.35. The summed E-state index contributed by atoms with van der Waals surface area (Å²) in [5, 5.41) is 0. The first-order chi connectivity index (χ1) is 12.3. The standard InChI is InChI=1S/C18H24N2O5S.ClH/c1-13-16(18(21)24-3)17(14(2)25-13)26(22,23)20(11-7-10-19)12-15-8-5-4-6-9-15;/h4-6,8-9H,7,10-12,19H2,1-3H3;1H. The Bertz CT molecular complexity index is 865. The van der Waals surface area contributed by atoms with Crippen molar-refractivity contribution in [3.8, 4) is 0 Å². The number of sulfonamides is 1. The summed E-state index contributed by atoms with van der Waals surface area (Å²) in [6.45, 7) is 3.83. The van der Waals surface area contributed by atoms with Crippen LogP contribution in [0, 0.1) is 13.8 Å². The van der Waals surface area contributed by atoms with E-state index in [0.29, 0.717) is 13.0 Å². The number of hydrogen-bond acceptors (Lipinski definition) is 6. The Labute approximate surface area is 165 Å². The number of rotatable bonds is 8. The summed E-state index contributed by atoms with van der Waals surface area (Å²) in [7, 11) is -2.78. The Hall–Kier alpha value is -1.87. The molecule has 9 heteroatoms. The normalized spacial score (nSPS) is 11.3. The smallest absolute Gasteiger partial charge is 0.342 e. The van der Waals surface area contributed by atoms with Gasteiger partial charge in [-0.25, -0.2) is 13.2 Å². The fourth-order valence-electron chi connectivity index (χ4n) is 2.78. The minimum absolute atomic E-state index is 0. The molecule has 0 saturated carbocycles. The predicted octanol–water partition coefficient (Wildman–Crippen LogP) is 2.64. The number of ether oxygens (including phenoxy) is 1. The van der Waals surface area contributed by atoms with Gasteiger partial charge in [0.25, 0.3) is 0 Å². The first-order valence-electron chi connectivity index (χ1n) is 8.25. The molecule has 0 radical (unpaired) electrons. The summed E-state index contributed by atoms with van der Waals surface area (Å²) < 4.78 is 38.2. The van der Waals surface area contributed by atoms with Gasteiger partial charge in [0.2, 0.25) is 10.0 Å². The highest BCUT2D eigenvalue weighted by molar-refractivity contribution is 7.89. The molecule has 1 aromatic carbocycles. The van der Waals surface area contributed by atoms with Crippen LogP contribution in [-0.4, -0.2) is 38.9 Å². The summed E-state index contributed by atoms with van der Waals surface area (Å²) in [6.07, 6.45) is 0.496. The Balaban J connectivity index is 0.00000364. The molecule has 0 bridgehead atoms. The molecule has 0 aliphatic heterocycles. The zero-order valence-electron chi connectivity index (χ0n) is 15.6. The number of carbonyl (C=O) groups excluding carboxylic acids is 1. The van der Waals surface area contributed by atoms with Crippen LogP contribution < -0.4 is 5.73 Å². The van der Waals surface area contributed by atoms with E-state index in [0.717, 1.165) is 5.56 Å². The van der Waals surface area contributed by atoms with E-state index in [1.54, 1.807) is 6.92 Å². The number of methoxy groups -OCH3 is 1. The van der Waals surface area contributed by atoms with E-state index in [1.165, 1.54) is 18.3 Å². The molecular formula is C18H25ClN2O5S. The number of nitrogens with two attached hydrogens (primary N) is 1. The number of aryl methyl sites for hydroxylation is 2. The number of nitrogens with zero attached hydrogens (tertiary/aromatic N) is 1. The average molecular weight is 417 g/mol. The van der Waals surface area contributed by atoms with Gasteiger partial charge in [-0.05, 0) is 32.4 Å². The Morgan fingerprint density at radius 2 is 1.81 bits per heavy atom. The van der Waals surface area contributed by atoms with Crippen molar-refractivity contribution < 1.29 is 22.4 Å². The quantitative estimate of drug-likeness (QED) is 0.663. The lowest BCUT2D eigenvalue weighted by molar-refractivity contribution is 0.0594. The summed E-state index contributed by atoms with van der Waals surface area (Å²) in [4.78, 5) is 12.0. The third-order valence-electron chi connectivity index (χ3n) is 4.01. The van der Waals surface area contributed by atoms with Crippen LogP contribution in [0.25, 0.3) is 0 Å². The van der Waals surface area contributed by atoms with Crippen LogP contribution in [-0.2, 0) is 21.3 Å². The lowest BCUT2D eigenvalue weighted by Crippen LogP contribution is -2.33. The molecule has 0 aliphatic rings. The van der Waals surface area contributed by atoms with E-state index in [2.05, 4.69) is 0 Å². The van der Waals surface area contributed by atoms with Crippen molar-refractivity contribution in [1.29, 1.82) is 0 Å². The van der Waals surface area contributed by atoms with E-state index in [9.17, 15) is 13.2 Å². The van der Waals surface area contributed by atoms with Gasteiger partial charge in [-0.15, -0.1) is 12.4 Å². The van der Waals surface area contributed by atoms with Gasteiger partial charge in [-0.2, -0.15) is 4.31 Å². The molecule has 0 atom stereocenters. The second kappa shape index (κ2) is 9.89. The van der Waals surface area contributed by atoms with Gasteiger partial charge >= 0.3 is 5.97 Å². The highest BCUT2D eigenvalue weighted by atomic mass is 35.5. The van der Waals surface area contributed by atoms with Gasteiger partial charge in [-0.1, -0.05) is 30.3 Å². The van der Waals surface area contributed by atoms with Crippen LogP contribution in [0.15, 0.2) is 39.6 Å². The molecule has 0 amide bonds. The number of benzene rings is 1. The first kappa shape index (κ1) is 23.2. The van der Waals surface area contributed by atoms with Gasteiger partial charge in [0.1, 0.15) is 22.0 Å². The number of carbonyl (C=O) groups is 1. The maximum Gasteiger partial charge on any atom is 0.342 e. The first-order valence-corrected chi connectivity index (χ1v) is 9.69. The minimum atomic E-state index is -3.98. The van der Waals surface area contributed by atoms with Gasteiger partial charge in [-0.3, -0.25) is 0 Å². The molecule has 2 rings (SSSR count). The van der Waals surface area contributed by atoms with Crippen LogP contribution in [0.3, 0.4) is 0 Å². The molecular weight excluding hydrogens is 392 g/mol. The number of hydrogen-bond donors (Lipinski definition) is 1. The zero-order valence-corrected chi connectivity index (χ0v) is 17.2. The van der Waals surface area contributed by atoms with Crippen molar-refractivity contribution in [2.24, 2.45) is 5.73 Å². The van der Waals surface area contributed by atoms with Crippen LogP contribution in [0.5, 0.6) is 0 Å². The van der Waals surface area contributed by atoms with E-state index in [-0.39, 0.29) is 47.5 Å². The van der Waals surface area contributed by atoms with Gasteiger partial charge in [0.05, 0.1) is 7.11 Å². The maximum atomic E-state index is 13.3. The van der Waals surface area contributed by atoms with Crippen molar-refractivity contribution in [2.75, 3.05) is 20.2 Å². The van der Waals surface area contributed by atoms with Crippen LogP contribution in [0.4, 0.5) is 0 Å². The van der Waals surface area contributed by atoms with Crippen molar-refractivity contribution in [3.05, 3.63) is 53.0 Å². The fourth-order valence-corrected chi connectivity index (χ4v) is 4.62. The molecule has 0 saturated heterocycles. The largest absolute Gasteiger partial charge is 0.465 e. The third-order valence-corrected chi connectivity index (χ3v) is 6.00.